The van der Waals surface area contributed by atoms with Crippen LogP contribution >= 0.6 is 15.9 Å². The van der Waals surface area contributed by atoms with Gasteiger partial charge in [-0.05, 0) is 37.1 Å². The molecule has 0 spiro atoms. The Morgan fingerprint density at radius 2 is 1.85 bits per heavy atom. The molecule has 2 nitrogen and oxygen atoms in total. The standard InChI is InChI=1S/C20H17BrF4N2/c1-10-6-13-12-4-2-3-5-16(12)26-19(13)20(27(10)9-17(24)25)18-14(22)7-11(21)8-15(18)23/h2-5,7-8,10,17,20,26H,6,9H2,1H3/t10-,20-/m1/s1. The van der Waals surface area contributed by atoms with Gasteiger partial charge in [-0.2, -0.15) is 0 Å². The first-order valence-corrected chi connectivity index (χ1v) is 9.44. The number of halogens is 5. The zero-order valence-corrected chi connectivity index (χ0v) is 16.0. The van der Waals surface area contributed by atoms with Crippen LogP contribution < -0.4 is 0 Å². The number of aromatic amines is 1. The lowest BCUT2D eigenvalue weighted by atomic mass is 9.88. The number of hydrogen-bond acceptors (Lipinski definition) is 1. The molecule has 0 amide bonds. The number of H-pyrrole nitrogens is 1. The van der Waals surface area contributed by atoms with Crippen LogP contribution in [0.3, 0.4) is 0 Å². The van der Waals surface area contributed by atoms with Crippen molar-refractivity contribution in [3.63, 3.8) is 0 Å². The molecule has 0 unspecified atom stereocenters. The summed E-state index contributed by atoms with van der Waals surface area (Å²) in [7, 11) is 0. The number of benzene rings is 2. The van der Waals surface area contributed by atoms with Crippen LogP contribution in [0.2, 0.25) is 0 Å². The summed E-state index contributed by atoms with van der Waals surface area (Å²) in [6.45, 7) is 1.25. The number of nitrogens with one attached hydrogen (secondary N) is 1. The SMILES string of the molecule is C[C@@H]1Cc2c([nH]c3ccccc23)[C@@H](c2c(F)cc(Br)cc2F)N1CC(F)F. The first kappa shape index (κ1) is 18.5. The van der Waals surface area contributed by atoms with Crippen molar-refractivity contribution in [2.24, 2.45) is 0 Å². The van der Waals surface area contributed by atoms with E-state index < -0.39 is 30.6 Å². The molecule has 0 saturated heterocycles. The Bertz CT molecular complexity index is 978. The van der Waals surface area contributed by atoms with Crippen molar-refractivity contribution in [3.8, 4) is 0 Å². The highest BCUT2D eigenvalue weighted by molar-refractivity contribution is 9.10. The van der Waals surface area contributed by atoms with Crippen LogP contribution in [0.15, 0.2) is 40.9 Å². The summed E-state index contributed by atoms with van der Waals surface area (Å²) < 4.78 is 56.4. The Labute approximate surface area is 162 Å². The minimum Gasteiger partial charge on any atom is -0.357 e. The molecular formula is C20H17BrF4N2. The van der Waals surface area contributed by atoms with Crippen molar-refractivity contribution in [1.29, 1.82) is 0 Å². The fourth-order valence-corrected chi connectivity index (χ4v) is 4.48. The van der Waals surface area contributed by atoms with Gasteiger partial charge in [0.1, 0.15) is 11.6 Å². The molecule has 4 rings (SSSR count). The average Bonchev–Trinajstić information content (AvgIpc) is 2.94. The molecule has 2 aromatic carbocycles. The topological polar surface area (TPSA) is 19.0 Å². The molecule has 1 aromatic heterocycles. The average molecular weight is 441 g/mol. The van der Waals surface area contributed by atoms with Gasteiger partial charge >= 0.3 is 0 Å². The second-order valence-corrected chi connectivity index (χ2v) is 7.81. The molecule has 0 fully saturated rings. The van der Waals surface area contributed by atoms with Crippen molar-refractivity contribution in [2.75, 3.05) is 6.54 Å². The number of fused-ring (bicyclic) bond motifs is 3. The predicted molar refractivity (Wildman–Crippen MR) is 100 cm³/mol. The van der Waals surface area contributed by atoms with Gasteiger partial charge in [-0.1, -0.05) is 34.1 Å². The minimum atomic E-state index is -2.61. The molecule has 0 bridgehead atoms. The third-order valence-electron chi connectivity index (χ3n) is 5.18. The lowest BCUT2D eigenvalue weighted by Gasteiger charge is -2.40. The van der Waals surface area contributed by atoms with E-state index in [1.165, 1.54) is 17.0 Å². The van der Waals surface area contributed by atoms with Crippen molar-refractivity contribution < 1.29 is 17.6 Å². The first-order chi connectivity index (χ1) is 12.9. The van der Waals surface area contributed by atoms with E-state index in [0.29, 0.717) is 12.1 Å². The van der Waals surface area contributed by atoms with E-state index in [0.717, 1.165) is 16.5 Å². The van der Waals surface area contributed by atoms with Crippen LogP contribution in [0.4, 0.5) is 17.6 Å². The normalized spacial score (nSPS) is 20.4. The predicted octanol–water partition coefficient (Wildman–Crippen LogP) is 5.81. The van der Waals surface area contributed by atoms with Crippen LogP contribution in [-0.4, -0.2) is 28.9 Å². The Kier molecular flexibility index (Phi) is 4.76. The molecule has 1 N–H and O–H groups in total. The van der Waals surface area contributed by atoms with E-state index in [2.05, 4.69) is 20.9 Å². The van der Waals surface area contributed by atoms with Gasteiger partial charge in [0.25, 0.3) is 6.43 Å². The van der Waals surface area contributed by atoms with E-state index >= 15 is 0 Å². The third-order valence-corrected chi connectivity index (χ3v) is 5.64. The Morgan fingerprint density at radius 1 is 1.19 bits per heavy atom. The molecule has 2 heterocycles. The smallest absolute Gasteiger partial charge is 0.251 e. The number of para-hydroxylation sites is 1. The van der Waals surface area contributed by atoms with E-state index in [4.69, 9.17) is 0 Å². The molecule has 0 radical (unpaired) electrons. The van der Waals surface area contributed by atoms with Crippen molar-refractivity contribution in [2.45, 2.75) is 31.9 Å². The summed E-state index contributed by atoms with van der Waals surface area (Å²) in [6, 6.07) is 8.66. The molecule has 7 heteroatoms. The van der Waals surface area contributed by atoms with Gasteiger partial charge in [0, 0.05) is 32.7 Å². The lowest BCUT2D eigenvalue weighted by Crippen LogP contribution is -2.45. The lowest BCUT2D eigenvalue weighted by molar-refractivity contribution is 0.0437. The third kappa shape index (κ3) is 3.17. The molecule has 2 atom stereocenters. The number of nitrogens with zero attached hydrogens (tertiary/aromatic N) is 1. The molecule has 27 heavy (non-hydrogen) atoms. The van der Waals surface area contributed by atoms with Crippen molar-refractivity contribution in [1.82, 2.24) is 9.88 Å². The second-order valence-electron chi connectivity index (χ2n) is 6.89. The second kappa shape index (κ2) is 6.95. The Hall–Kier alpha value is -1.86. The maximum atomic E-state index is 14.8. The van der Waals surface area contributed by atoms with Gasteiger partial charge in [-0.3, -0.25) is 4.90 Å². The summed E-state index contributed by atoms with van der Waals surface area (Å²) >= 11 is 3.08. The summed E-state index contributed by atoms with van der Waals surface area (Å²) in [5.74, 6) is -1.52. The Balaban J connectivity index is 1.98. The zero-order valence-electron chi connectivity index (χ0n) is 14.4. The highest BCUT2D eigenvalue weighted by atomic mass is 79.9. The van der Waals surface area contributed by atoms with Crippen molar-refractivity contribution in [3.05, 3.63) is 69.3 Å². The number of hydrogen-bond donors (Lipinski definition) is 1. The number of aromatic nitrogens is 1. The largest absolute Gasteiger partial charge is 0.357 e. The van der Waals surface area contributed by atoms with E-state index in [1.54, 1.807) is 0 Å². The monoisotopic (exact) mass is 440 g/mol. The fraction of sp³-hybridized carbons (Fsp3) is 0.300. The van der Waals surface area contributed by atoms with Crippen LogP contribution in [0.1, 0.15) is 29.8 Å². The van der Waals surface area contributed by atoms with E-state index in [-0.39, 0.29) is 16.1 Å². The highest BCUT2D eigenvalue weighted by Crippen LogP contribution is 2.42. The van der Waals surface area contributed by atoms with Gasteiger partial charge in [0.2, 0.25) is 0 Å². The van der Waals surface area contributed by atoms with Gasteiger partial charge in [0.05, 0.1) is 12.6 Å². The molecular weight excluding hydrogens is 424 g/mol. The molecule has 1 aliphatic heterocycles. The first-order valence-electron chi connectivity index (χ1n) is 8.64. The summed E-state index contributed by atoms with van der Waals surface area (Å²) in [6.07, 6.45) is -2.08. The van der Waals surface area contributed by atoms with Gasteiger partial charge < -0.3 is 4.98 Å². The number of alkyl halides is 2. The van der Waals surface area contributed by atoms with Crippen molar-refractivity contribution >= 4 is 26.8 Å². The van der Waals surface area contributed by atoms with E-state index in [1.807, 2.05) is 31.2 Å². The summed E-state index contributed by atoms with van der Waals surface area (Å²) in [5, 5.41) is 0.957. The van der Waals surface area contributed by atoms with Gasteiger partial charge in [-0.25, -0.2) is 17.6 Å². The maximum absolute atomic E-state index is 14.8. The van der Waals surface area contributed by atoms with Crippen LogP contribution in [0.25, 0.3) is 10.9 Å². The van der Waals surface area contributed by atoms with Gasteiger partial charge in [0.15, 0.2) is 0 Å². The molecule has 3 aromatic rings. The van der Waals surface area contributed by atoms with E-state index in [9.17, 15) is 17.6 Å². The highest BCUT2D eigenvalue weighted by Gasteiger charge is 2.39. The van der Waals surface area contributed by atoms with Crippen LogP contribution in [0, 0.1) is 11.6 Å². The minimum absolute atomic E-state index is 0.210. The molecule has 0 saturated carbocycles. The van der Waals surface area contributed by atoms with Crippen LogP contribution in [0.5, 0.6) is 0 Å². The Morgan fingerprint density at radius 3 is 2.52 bits per heavy atom. The van der Waals surface area contributed by atoms with Crippen LogP contribution in [-0.2, 0) is 6.42 Å². The van der Waals surface area contributed by atoms with Gasteiger partial charge in [-0.15, -0.1) is 0 Å². The summed E-state index contributed by atoms with van der Waals surface area (Å²) in [5.41, 5.74) is 2.13. The number of rotatable bonds is 3. The summed E-state index contributed by atoms with van der Waals surface area (Å²) in [4.78, 5) is 4.71. The molecule has 142 valence electrons. The maximum Gasteiger partial charge on any atom is 0.251 e. The zero-order chi connectivity index (χ0) is 19.3. The molecule has 1 aliphatic rings. The molecule has 0 aliphatic carbocycles. The quantitative estimate of drug-likeness (QED) is 0.509. The fourth-order valence-electron chi connectivity index (χ4n) is 4.08.